The largest absolute Gasteiger partial charge is 0.444 e. The molecule has 0 saturated heterocycles. The number of rotatable bonds is 5. The van der Waals surface area contributed by atoms with E-state index in [1.165, 1.54) is 0 Å². The van der Waals surface area contributed by atoms with E-state index in [1.54, 1.807) is 4.90 Å². The van der Waals surface area contributed by atoms with Gasteiger partial charge in [0.05, 0.1) is 6.54 Å². The summed E-state index contributed by atoms with van der Waals surface area (Å²) in [5, 5.41) is 3.02. The van der Waals surface area contributed by atoms with E-state index in [4.69, 9.17) is 10.5 Å². The molecule has 0 bridgehead atoms. The third-order valence-electron chi connectivity index (χ3n) is 2.68. The van der Waals surface area contributed by atoms with Crippen molar-refractivity contribution < 1.29 is 9.53 Å². The van der Waals surface area contributed by atoms with Crippen molar-refractivity contribution in [1.82, 2.24) is 10.2 Å². The summed E-state index contributed by atoms with van der Waals surface area (Å²) in [5.74, 6) is 0.417. The number of nitrogens with two attached hydrogens (primary N) is 1. The minimum Gasteiger partial charge on any atom is -0.444 e. The summed E-state index contributed by atoms with van der Waals surface area (Å²) >= 11 is 0. The summed E-state index contributed by atoms with van der Waals surface area (Å²) in [6.45, 7) is 10.6. The average molecular weight is 284 g/mol. The van der Waals surface area contributed by atoms with Crippen molar-refractivity contribution in [3.63, 3.8) is 0 Å². The highest BCUT2D eigenvalue weighted by atomic mass is 16.6. The monoisotopic (exact) mass is 284 g/mol. The zero-order chi connectivity index (χ0) is 15.3. The molecule has 0 aromatic carbocycles. The molecule has 1 amide bonds. The van der Waals surface area contributed by atoms with Crippen molar-refractivity contribution in [1.29, 1.82) is 0 Å². The second kappa shape index (κ2) is 6.81. The average Bonchev–Trinajstić information content (AvgIpc) is 3.04. The molecule has 0 radical (unpaired) electrons. The molecule has 6 heteroatoms. The van der Waals surface area contributed by atoms with E-state index < -0.39 is 5.60 Å². The molecule has 1 aliphatic carbocycles. The van der Waals surface area contributed by atoms with E-state index >= 15 is 0 Å². The first-order valence-electron chi connectivity index (χ1n) is 7.25. The Morgan fingerprint density at radius 1 is 1.45 bits per heavy atom. The first kappa shape index (κ1) is 16.6. The van der Waals surface area contributed by atoms with Crippen LogP contribution in [0.5, 0.6) is 0 Å². The molecular formula is C14H28N4O2. The molecule has 116 valence electrons. The molecule has 0 aromatic heterocycles. The zero-order valence-electron chi connectivity index (χ0n) is 13.3. The van der Waals surface area contributed by atoms with Crippen LogP contribution in [0.25, 0.3) is 0 Å². The van der Waals surface area contributed by atoms with Crippen molar-refractivity contribution in [3.8, 4) is 0 Å². The fraction of sp³-hybridized carbons (Fsp3) is 0.857. The van der Waals surface area contributed by atoms with E-state index in [1.807, 2.05) is 34.6 Å². The van der Waals surface area contributed by atoms with Crippen molar-refractivity contribution in [2.45, 2.75) is 65.1 Å². The maximum atomic E-state index is 12.1. The smallest absolute Gasteiger partial charge is 0.410 e. The summed E-state index contributed by atoms with van der Waals surface area (Å²) in [4.78, 5) is 18.1. The number of hydrogen-bond acceptors (Lipinski definition) is 3. The molecule has 1 fully saturated rings. The molecule has 0 aromatic rings. The molecule has 20 heavy (non-hydrogen) atoms. The van der Waals surface area contributed by atoms with E-state index in [2.05, 4.69) is 10.3 Å². The van der Waals surface area contributed by atoms with Gasteiger partial charge in [-0.05, 0) is 47.5 Å². The normalized spacial score (nSPS) is 16.2. The Hall–Kier alpha value is -1.46. The highest BCUT2D eigenvalue weighted by molar-refractivity contribution is 5.78. The predicted molar refractivity (Wildman–Crippen MR) is 80.7 cm³/mol. The quantitative estimate of drug-likeness (QED) is 0.595. The number of carbonyl (C=O) groups is 1. The maximum absolute atomic E-state index is 12.1. The third kappa shape index (κ3) is 6.63. The lowest BCUT2D eigenvalue weighted by molar-refractivity contribution is 0.0240. The summed E-state index contributed by atoms with van der Waals surface area (Å²) in [6.07, 6.45) is 1.83. The van der Waals surface area contributed by atoms with Gasteiger partial charge in [-0.15, -0.1) is 0 Å². The molecule has 1 saturated carbocycles. The van der Waals surface area contributed by atoms with Crippen LogP contribution >= 0.6 is 0 Å². The molecule has 0 unspecified atom stereocenters. The van der Waals surface area contributed by atoms with Crippen LogP contribution in [0.4, 0.5) is 4.79 Å². The summed E-state index contributed by atoms with van der Waals surface area (Å²) < 4.78 is 5.41. The fourth-order valence-electron chi connectivity index (χ4n) is 1.75. The number of nitrogens with zero attached hydrogens (tertiary/aromatic N) is 2. The van der Waals surface area contributed by atoms with Crippen LogP contribution < -0.4 is 11.1 Å². The minimum absolute atomic E-state index is 0.254. The molecule has 0 atom stereocenters. The van der Waals surface area contributed by atoms with E-state index in [0.717, 1.165) is 12.8 Å². The first-order chi connectivity index (χ1) is 9.19. The SMILES string of the molecule is CC(C)NC(N)=NCCN(C(=O)OC(C)(C)C)C1CC1. The van der Waals surface area contributed by atoms with Gasteiger partial charge in [0.25, 0.3) is 0 Å². The Bertz CT molecular complexity index is 357. The van der Waals surface area contributed by atoms with Crippen LogP contribution in [0.3, 0.4) is 0 Å². The van der Waals surface area contributed by atoms with Gasteiger partial charge >= 0.3 is 6.09 Å². The van der Waals surface area contributed by atoms with Crippen molar-refractivity contribution in [2.75, 3.05) is 13.1 Å². The molecule has 3 N–H and O–H groups in total. The number of hydrogen-bond donors (Lipinski definition) is 2. The first-order valence-corrected chi connectivity index (χ1v) is 7.25. The van der Waals surface area contributed by atoms with E-state index in [-0.39, 0.29) is 12.1 Å². The second-order valence-corrected chi connectivity index (χ2v) is 6.47. The number of ether oxygens (including phenoxy) is 1. The lowest BCUT2D eigenvalue weighted by atomic mass is 10.2. The van der Waals surface area contributed by atoms with E-state index in [9.17, 15) is 4.79 Å². The van der Waals surface area contributed by atoms with Crippen molar-refractivity contribution >= 4 is 12.1 Å². The Morgan fingerprint density at radius 2 is 2.05 bits per heavy atom. The van der Waals surface area contributed by atoms with Crippen LogP contribution in [-0.2, 0) is 4.74 Å². The van der Waals surface area contributed by atoms with Gasteiger partial charge in [-0.2, -0.15) is 0 Å². The predicted octanol–water partition coefficient (Wildman–Crippen LogP) is 1.70. The number of guanidine groups is 1. The van der Waals surface area contributed by atoms with Crippen LogP contribution in [0.2, 0.25) is 0 Å². The lowest BCUT2D eigenvalue weighted by Gasteiger charge is -2.27. The van der Waals surface area contributed by atoms with Gasteiger partial charge in [0.15, 0.2) is 5.96 Å². The Morgan fingerprint density at radius 3 is 2.50 bits per heavy atom. The topological polar surface area (TPSA) is 80.0 Å². The van der Waals surface area contributed by atoms with Gasteiger partial charge in [-0.3, -0.25) is 4.99 Å². The summed E-state index contributed by atoms with van der Waals surface area (Å²) in [7, 11) is 0. The summed E-state index contributed by atoms with van der Waals surface area (Å²) in [5.41, 5.74) is 5.27. The van der Waals surface area contributed by atoms with Gasteiger partial charge in [-0.1, -0.05) is 0 Å². The molecule has 6 nitrogen and oxygen atoms in total. The Labute approximate surface area is 121 Å². The molecular weight excluding hydrogens is 256 g/mol. The van der Waals surface area contributed by atoms with E-state index in [0.29, 0.717) is 25.1 Å². The molecule has 1 aliphatic rings. The zero-order valence-corrected chi connectivity index (χ0v) is 13.3. The highest BCUT2D eigenvalue weighted by Crippen LogP contribution is 2.28. The number of amides is 1. The molecule has 0 aliphatic heterocycles. The van der Waals surface area contributed by atoms with Gasteiger partial charge < -0.3 is 20.7 Å². The van der Waals surface area contributed by atoms with Gasteiger partial charge in [-0.25, -0.2) is 4.79 Å². The Kier molecular flexibility index (Phi) is 5.65. The minimum atomic E-state index is -0.467. The lowest BCUT2D eigenvalue weighted by Crippen LogP contribution is -2.41. The van der Waals surface area contributed by atoms with Gasteiger partial charge in [0, 0.05) is 18.6 Å². The van der Waals surface area contributed by atoms with Crippen molar-refractivity contribution in [3.05, 3.63) is 0 Å². The van der Waals surface area contributed by atoms with Crippen LogP contribution in [0, 0.1) is 0 Å². The molecule has 1 rings (SSSR count). The highest BCUT2D eigenvalue weighted by Gasteiger charge is 2.34. The number of nitrogens with one attached hydrogen (secondary N) is 1. The third-order valence-corrected chi connectivity index (χ3v) is 2.68. The van der Waals surface area contributed by atoms with Crippen molar-refractivity contribution in [2.24, 2.45) is 10.7 Å². The van der Waals surface area contributed by atoms with Gasteiger partial charge in [0.2, 0.25) is 0 Å². The van der Waals surface area contributed by atoms with Crippen LogP contribution in [-0.4, -0.2) is 47.7 Å². The maximum Gasteiger partial charge on any atom is 0.410 e. The van der Waals surface area contributed by atoms with Crippen LogP contribution in [0.1, 0.15) is 47.5 Å². The second-order valence-electron chi connectivity index (χ2n) is 6.47. The van der Waals surface area contributed by atoms with Gasteiger partial charge in [0.1, 0.15) is 5.60 Å². The number of aliphatic imine (C=N–C) groups is 1. The molecule has 0 spiro atoms. The number of carbonyl (C=O) groups excluding carboxylic acids is 1. The summed E-state index contributed by atoms with van der Waals surface area (Å²) in [6, 6.07) is 0.559. The fourth-order valence-corrected chi connectivity index (χ4v) is 1.75. The molecule has 0 heterocycles. The van der Waals surface area contributed by atoms with Crippen LogP contribution in [0.15, 0.2) is 4.99 Å². The standard InChI is InChI=1S/C14H28N4O2/c1-10(2)17-12(15)16-8-9-18(11-6-7-11)13(19)20-14(3,4)5/h10-11H,6-9H2,1-5H3,(H3,15,16,17). The Balaban J connectivity index is 2.46.